The van der Waals surface area contributed by atoms with Gasteiger partial charge >= 0.3 is 0 Å². The fraction of sp³-hybridized carbons (Fsp3) is 0.222. The Morgan fingerprint density at radius 3 is 2.58 bits per heavy atom. The summed E-state index contributed by atoms with van der Waals surface area (Å²) >= 11 is 0. The molecule has 2 N–H and O–H groups in total. The summed E-state index contributed by atoms with van der Waals surface area (Å²) in [4.78, 5) is 9.52. The maximum absolute atomic E-state index is 9.54. The van der Waals surface area contributed by atoms with Crippen LogP contribution in [0.3, 0.4) is 0 Å². The van der Waals surface area contributed by atoms with Crippen LogP contribution in [0.15, 0.2) is 66.7 Å². The third-order valence-electron chi connectivity index (χ3n) is 5.89. The minimum Gasteiger partial charge on any atom is -0.474 e. The summed E-state index contributed by atoms with van der Waals surface area (Å²) in [6, 6.07) is 24.0. The van der Waals surface area contributed by atoms with Crippen LogP contribution in [0.5, 0.6) is 5.88 Å². The first kappa shape index (κ1) is 20.9. The molecular formula is C27H25N5O. The zero-order valence-electron chi connectivity index (χ0n) is 18.5. The third kappa shape index (κ3) is 4.64. The normalized spacial score (nSPS) is 14.1. The van der Waals surface area contributed by atoms with Crippen LogP contribution in [0.1, 0.15) is 24.0 Å². The van der Waals surface area contributed by atoms with Crippen molar-refractivity contribution in [2.45, 2.75) is 25.9 Å². The molecule has 1 aliphatic heterocycles. The van der Waals surface area contributed by atoms with Gasteiger partial charge in [0.25, 0.3) is 0 Å². The molecule has 1 saturated heterocycles. The van der Waals surface area contributed by atoms with E-state index in [0.29, 0.717) is 17.4 Å². The Kier molecular flexibility index (Phi) is 5.88. The van der Waals surface area contributed by atoms with Crippen LogP contribution in [0.2, 0.25) is 0 Å². The summed E-state index contributed by atoms with van der Waals surface area (Å²) in [6.07, 6.45) is 2.01. The minimum atomic E-state index is 0.121. The largest absolute Gasteiger partial charge is 0.474 e. The van der Waals surface area contributed by atoms with Crippen LogP contribution in [-0.2, 0) is 0 Å². The molecule has 0 bridgehead atoms. The number of nitrogens with zero attached hydrogens (tertiary/aromatic N) is 3. The lowest BCUT2D eigenvalue weighted by Gasteiger charge is -2.24. The van der Waals surface area contributed by atoms with Crippen LogP contribution in [0.4, 0.5) is 11.6 Å². The number of nitriles is 1. The van der Waals surface area contributed by atoms with E-state index in [1.165, 1.54) is 5.56 Å². The van der Waals surface area contributed by atoms with E-state index >= 15 is 0 Å². The van der Waals surface area contributed by atoms with E-state index in [2.05, 4.69) is 23.6 Å². The maximum Gasteiger partial charge on any atom is 0.231 e. The summed E-state index contributed by atoms with van der Waals surface area (Å²) in [5, 5.41) is 17.1. The molecule has 0 unspecified atom stereocenters. The molecule has 164 valence electrons. The average Bonchev–Trinajstić information content (AvgIpc) is 2.86. The van der Waals surface area contributed by atoms with E-state index in [-0.39, 0.29) is 6.10 Å². The molecule has 4 aromatic rings. The second-order valence-electron chi connectivity index (χ2n) is 8.30. The Morgan fingerprint density at radius 2 is 1.79 bits per heavy atom. The van der Waals surface area contributed by atoms with E-state index in [1.807, 2.05) is 66.7 Å². The smallest absolute Gasteiger partial charge is 0.231 e. The van der Waals surface area contributed by atoms with Crippen molar-refractivity contribution in [1.29, 1.82) is 5.26 Å². The van der Waals surface area contributed by atoms with Gasteiger partial charge in [0.2, 0.25) is 11.8 Å². The second-order valence-corrected chi connectivity index (χ2v) is 8.30. The quantitative estimate of drug-likeness (QED) is 0.440. The lowest BCUT2D eigenvalue weighted by molar-refractivity contribution is 0.158. The average molecular weight is 436 g/mol. The Morgan fingerprint density at radius 1 is 1.00 bits per heavy atom. The van der Waals surface area contributed by atoms with Gasteiger partial charge in [-0.1, -0.05) is 42.0 Å². The number of piperidine rings is 1. The highest BCUT2D eigenvalue weighted by atomic mass is 16.5. The molecule has 3 aromatic carbocycles. The van der Waals surface area contributed by atoms with E-state index in [1.54, 1.807) is 0 Å². The summed E-state index contributed by atoms with van der Waals surface area (Å²) < 4.78 is 6.37. The van der Waals surface area contributed by atoms with E-state index in [9.17, 15) is 5.26 Å². The van der Waals surface area contributed by atoms with Crippen molar-refractivity contribution in [3.63, 3.8) is 0 Å². The Bertz CT molecular complexity index is 1320. The highest BCUT2D eigenvalue weighted by Gasteiger charge is 2.18. The first-order chi connectivity index (χ1) is 16.2. The van der Waals surface area contributed by atoms with Crippen LogP contribution in [0, 0.1) is 18.3 Å². The molecule has 1 aromatic heterocycles. The van der Waals surface area contributed by atoms with Crippen molar-refractivity contribution in [1.82, 2.24) is 15.3 Å². The van der Waals surface area contributed by atoms with Gasteiger partial charge in [-0.05, 0) is 74.3 Å². The molecule has 33 heavy (non-hydrogen) atoms. The number of ether oxygens (including phenoxy) is 1. The monoisotopic (exact) mass is 435 g/mol. The number of anilines is 2. The van der Waals surface area contributed by atoms with Crippen LogP contribution in [0.25, 0.3) is 22.0 Å². The molecular weight excluding hydrogens is 410 g/mol. The van der Waals surface area contributed by atoms with Crippen LogP contribution < -0.4 is 15.4 Å². The van der Waals surface area contributed by atoms with Gasteiger partial charge in [-0.15, -0.1) is 0 Å². The van der Waals surface area contributed by atoms with Gasteiger partial charge in [0.05, 0.1) is 22.5 Å². The van der Waals surface area contributed by atoms with Gasteiger partial charge in [0.15, 0.2) is 0 Å². The summed E-state index contributed by atoms with van der Waals surface area (Å²) in [5.74, 6) is 1.07. The van der Waals surface area contributed by atoms with Gasteiger partial charge in [-0.2, -0.15) is 10.2 Å². The van der Waals surface area contributed by atoms with Crippen molar-refractivity contribution in [3.05, 3.63) is 77.9 Å². The molecule has 0 saturated carbocycles. The Hall–Kier alpha value is -3.95. The third-order valence-corrected chi connectivity index (χ3v) is 5.89. The molecule has 0 aliphatic carbocycles. The highest BCUT2D eigenvalue weighted by Crippen LogP contribution is 2.32. The fourth-order valence-electron chi connectivity index (χ4n) is 4.08. The molecule has 1 fully saturated rings. The number of benzene rings is 3. The first-order valence-corrected chi connectivity index (χ1v) is 11.2. The summed E-state index contributed by atoms with van der Waals surface area (Å²) in [6.45, 7) is 3.94. The lowest BCUT2D eigenvalue weighted by atomic mass is 9.99. The molecule has 1 aliphatic rings. The SMILES string of the molecule is Cc1ccc(Nc2nc(OC3CCNCC3)c3ccc(-c4ccccc4C#N)cc3n2)cc1. The van der Waals surface area contributed by atoms with Crippen molar-refractivity contribution in [2.75, 3.05) is 18.4 Å². The molecule has 0 amide bonds. The predicted octanol–water partition coefficient (Wildman–Crippen LogP) is 5.35. The zero-order chi connectivity index (χ0) is 22.6. The van der Waals surface area contributed by atoms with Crippen LogP contribution in [-0.4, -0.2) is 29.2 Å². The number of hydrogen-bond acceptors (Lipinski definition) is 6. The molecule has 0 spiro atoms. The van der Waals surface area contributed by atoms with E-state index in [0.717, 1.165) is 53.6 Å². The van der Waals surface area contributed by atoms with Gasteiger partial charge < -0.3 is 15.4 Å². The number of nitrogens with one attached hydrogen (secondary N) is 2. The van der Waals surface area contributed by atoms with Crippen molar-refractivity contribution < 1.29 is 4.74 Å². The Balaban J connectivity index is 1.58. The van der Waals surface area contributed by atoms with Gasteiger partial charge in [0.1, 0.15) is 6.10 Å². The number of fused-ring (bicyclic) bond motifs is 1. The van der Waals surface area contributed by atoms with Crippen molar-refractivity contribution in [2.24, 2.45) is 0 Å². The van der Waals surface area contributed by atoms with Gasteiger partial charge in [0, 0.05) is 5.69 Å². The standard InChI is InChI=1S/C27H25N5O/c1-18-6-9-21(10-7-18)30-27-31-25-16-19(23-5-3-2-4-20(23)17-28)8-11-24(25)26(32-27)33-22-12-14-29-15-13-22/h2-11,16,22,29H,12-15H2,1H3,(H,30,31,32). The summed E-state index contributed by atoms with van der Waals surface area (Å²) in [5.41, 5.74) is 5.33. The van der Waals surface area contributed by atoms with Gasteiger partial charge in [-0.3, -0.25) is 0 Å². The lowest BCUT2D eigenvalue weighted by Crippen LogP contribution is -2.34. The fourth-order valence-corrected chi connectivity index (χ4v) is 4.08. The van der Waals surface area contributed by atoms with Gasteiger partial charge in [-0.25, -0.2) is 4.98 Å². The second kappa shape index (κ2) is 9.27. The molecule has 5 rings (SSSR count). The molecule has 6 heteroatoms. The van der Waals surface area contributed by atoms with Crippen molar-refractivity contribution in [3.8, 4) is 23.1 Å². The number of aromatic nitrogens is 2. The number of aryl methyl sites for hydroxylation is 1. The molecule has 6 nitrogen and oxygen atoms in total. The predicted molar refractivity (Wildman–Crippen MR) is 131 cm³/mol. The molecule has 0 atom stereocenters. The maximum atomic E-state index is 9.54. The zero-order valence-corrected chi connectivity index (χ0v) is 18.5. The number of hydrogen-bond donors (Lipinski definition) is 2. The molecule has 0 radical (unpaired) electrons. The molecule has 2 heterocycles. The van der Waals surface area contributed by atoms with E-state index < -0.39 is 0 Å². The minimum absolute atomic E-state index is 0.121. The van der Waals surface area contributed by atoms with Crippen LogP contribution >= 0.6 is 0 Å². The Labute approximate surface area is 193 Å². The summed E-state index contributed by atoms with van der Waals surface area (Å²) in [7, 11) is 0. The highest BCUT2D eigenvalue weighted by molar-refractivity contribution is 5.89. The number of rotatable bonds is 5. The van der Waals surface area contributed by atoms with Crippen molar-refractivity contribution >= 4 is 22.5 Å². The first-order valence-electron chi connectivity index (χ1n) is 11.2. The topological polar surface area (TPSA) is 82.9 Å². The van der Waals surface area contributed by atoms with E-state index in [4.69, 9.17) is 14.7 Å².